The molecule has 0 bridgehead atoms. The lowest BCUT2D eigenvalue weighted by atomic mass is 9.95. The van der Waals surface area contributed by atoms with Gasteiger partial charge in [0, 0.05) is 9.75 Å². The summed E-state index contributed by atoms with van der Waals surface area (Å²) in [7, 11) is 0. The number of thiophene rings is 1. The van der Waals surface area contributed by atoms with Crippen molar-refractivity contribution in [1.82, 2.24) is 0 Å². The van der Waals surface area contributed by atoms with Gasteiger partial charge in [-0.1, -0.05) is 36.7 Å². The van der Waals surface area contributed by atoms with Crippen LogP contribution in [0.1, 0.15) is 41.8 Å². The predicted molar refractivity (Wildman–Crippen MR) is 65.4 cm³/mol. The summed E-state index contributed by atoms with van der Waals surface area (Å²) >= 11 is 4.53. The third-order valence-electron chi connectivity index (χ3n) is 2.09. The normalized spacial score (nSPS) is 15.2. The van der Waals surface area contributed by atoms with Crippen molar-refractivity contribution < 1.29 is 13.2 Å². The van der Waals surface area contributed by atoms with Gasteiger partial charge in [0.25, 0.3) is 0 Å². The Hall–Kier alpha value is -0.0300. The van der Waals surface area contributed by atoms with Crippen molar-refractivity contribution in [2.45, 2.75) is 43.6 Å². The lowest BCUT2D eigenvalue weighted by Gasteiger charge is -2.16. The molecule has 0 fully saturated rings. The van der Waals surface area contributed by atoms with E-state index >= 15 is 0 Å². The Labute approximate surface area is 106 Å². The topological polar surface area (TPSA) is 0 Å². The van der Waals surface area contributed by atoms with E-state index in [9.17, 15) is 13.2 Å². The van der Waals surface area contributed by atoms with E-state index in [1.54, 1.807) is 6.07 Å². The number of hydrogen-bond donors (Lipinski definition) is 0. The quantitative estimate of drug-likeness (QED) is 0.638. The highest BCUT2D eigenvalue weighted by atomic mass is 79.9. The smallest absolute Gasteiger partial charge is 0.171 e. The van der Waals surface area contributed by atoms with Crippen LogP contribution < -0.4 is 0 Å². The zero-order valence-corrected chi connectivity index (χ0v) is 11.8. The second-order valence-electron chi connectivity index (χ2n) is 4.74. The Morgan fingerprint density at radius 3 is 2.19 bits per heavy atom. The highest BCUT2D eigenvalue weighted by Crippen LogP contribution is 2.40. The van der Waals surface area contributed by atoms with Crippen molar-refractivity contribution in [3.8, 4) is 0 Å². The number of hydrogen-bond acceptors (Lipinski definition) is 1. The zero-order chi connectivity index (χ0) is 12.6. The van der Waals surface area contributed by atoms with E-state index in [1.165, 1.54) is 11.3 Å². The summed E-state index contributed by atoms with van der Waals surface area (Å²) in [6.07, 6.45) is -4.95. The average Bonchev–Trinajstić information content (AvgIpc) is 2.46. The van der Waals surface area contributed by atoms with Gasteiger partial charge in [0.15, 0.2) is 0 Å². The van der Waals surface area contributed by atoms with Crippen molar-refractivity contribution in [2.24, 2.45) is 0 Å². The molecule has 0 aromatic carbocycles. The molecule has 1 aromatic rings. The fourth-order valence-corrected chi connectivity index (χ4v) is 3.07. The van der Waals surface area contributed by atoms with Crippen LogP contribution in [0.25, 0.3) is 0 Å². The van der Waals surface area contributed by atoms with E-state index in [-0.39, 0.29) is 5.41 Å². The Kier molecular flexibility index (Phi) is 4.11. The molecular weight excluding hydrogens is 301 g/mol. The molecule has 0 radical (unpaired) electrons. The van der Waals surface area contributed by atoms with Gasteiger partial charge >= 0.3 is 6.18 Å². The zero-order valence-electron chi connectivity index (χ0n) is 9.36. The standard InChI is InChI=1S/C11H14BrF3S/c1-10(2,3)9-5-4-8(16-9)7(12)6-11(13,14)15/h4-5,7H,6H2,1-3H3. The molecule has 1 unspecified atom stereocenters. The third-order valence-corrected chi connectivity index (χ3v) is 4.83. The molecule has 0 N–H and O–H groups in total. The lowest BCUT2D eigenvalue weighted by molar-refractivity contribution is -0.134. The second kappa shape index (κ2) is 4.69. The Bertz CT molecular complexity index is 349. The maximum atomic E-state index is 12.2. The minimum Gasteiger partial charge on any atom is -0.171 e. The first-order valence-electron chi connectivity index (χ1n) is 4.90. The molecule has 5 heteroatoms. The van der Waals surface area contributed by atoms with Crippen LogP contribution in [0.5, 0.6) is 0 Å². The van der Waals surface area contributed by atoms with E-state index < -0.39 is 17.4 Å². The van der Waals surface area contributed by atoms with Crippen LogP contribution in [0.3, 0.4) is 0 Å². The molecule has 0 aliphatic heterocycles. The molecule has 1 atom stereocenters. The minimum absolute atomic E-state index is 0.00608. The fourth-order valence-electron chi connectivity index (χ4n) is 1.23. The molecule has 0 saturated heterocycles. The maximum absolute atomic E-state index is 12.2. The van der Waals surface area contributed by atoms with Crippen LogP contribution in [-0.2, 0) is 5.41 Å². The first kappa shape index (κ1) is 14.0. The summed E-state index contributed by atoms with van der Waals surface area (Å²) in [4.78, 5) is 1.21. The van der Waals surface area contributed by atoms with Gasteiger partial charge in [-0.3, -0.25) is 0 Å². The molecule has 0 spiro atoms. The second-order valence-corrected chi connectivity index (χ2v) is 6.96. The van der Waals surface area contributed by atoms with Gasteiger partial charge in [0.1, 0.15) is 0 Å². The lowest BCUT2D eigenvalue weighted by Crippen LogP contribution is -2.10. The molecule has 0 aliphatic carbocycles. The Balaban J connectivity index is 2.79. The third kappa shape index (κ3) is 4.09. The van der Waals surface area contributed by atoms with Crippen molar-refractivity contribution in [3.05, 3.63) is 21.9 Å². The van der Waals surface area contributed by atoms with Crippen LogP contribution in [0.2, 0.25) is 0 Å². The van der Waals surface area contributed by atoms with E-state index in [1.807, 2.05) is 6.07 Å². The van der Waals surface area contributed by atoms with E-state index in [2.05, 4.69) is 36.7 Å². The van der Waals surface area contributed by atoms with Crippen LogP contribution in [0.15, 0.2) is 12.1 Å². The Morgan fingerprint density at radius 2 is 1.81 bits per heavy atom. The SMILES string of the molecule is CC(C)(C)c1ccc(C(Br)CC(F)(F)F)s1. The summed E-state index contributed by atoms with van der Waals surface area (Å²) in [6.45, 7) is 6.15. The van der Waals surface area contributed by atoms with E-state index in [0.29, 0.717) is 0 Å². The van der Waals surface area contributed by atoms with Crippen molar-refractivity contribution in [3.63, 3.8) is 0 Å². The number of rotatable bonds is 2. The average molecular weight is 315 g/mol. The van der Waals surface area contributed by atoms with Gasteiger partial charge in [-0.15, -0.1) is 11.3 Å². The molecule has 0 aliphatic rings. The fraction of sp³-hybridized carbons (Fsp3) is 0.636. The van der Waals surface area contributed by atoms with E-state index in [0.717, 1.165) is 9.75 Å². The molecule has 92 valence electrons. The Morgan fingerprint density at radius 1 is 1.25 bits per heavy atom. The summed E-state index contributed by atoms with van der Waals surface area (Å²) in [5.41, 5.74) is -0.00608. The highest BCUT2D eigenvalue weighted by molar-refractivity contribution is 9.09. The van der Waals surface area contributed by atoms with Crippen LogP contribution in [0, 0.1) is 0 Å². The van der Waals surface area contributed by atoms with Crippen molar-refractivity contribution in [1.29, 1.82) is 0 Å². The first-order valence-corrected chi connectivity index (χ1v) is 6.64. The summed E-state index contributed by atoms with van der Waals surface area (Å²) < 4.78 is 36.6. The van der Waals surface area contributed by atoms with Gasteiger partial charge in [0.2, 0.25) is 0 Å². The molecule has 0 amide bonds. The van der Waals surface area contributed by atoms with Crippen molar-refractivity contribution >= 4 is 27.3 Å². The first-order chi connectivity index (χ1) is 7.09. The number of alkyl halides is 4. The highest BCUT2D eigenvalue weighted by Gasteiger charge is 2.32. The molecular formula is C11H14BrF3S. The van der Waals surface area contributed by atoms with Crippen LogP contribution in [0.4, 0.5) is 13.2 Å². The molecule has 1 aromatic heterocycles. The predicted octanol–water partition coefficient (Wildman–Crippen LogP) is 5.43. The minimum atomic E-state index is -4.12. The van der Waals surface area contributed by atoms with Gasteiger partial charge in [-0.25, -0.2) is 0 Å². The monoisotopic (exact) mass is 314 g/mol. The summed E-state index contributed by atoms with van der Waals surface area (Å²) in [5, 5.41) is 0. The van der Waals surface area contributed by atoms with E-state index in [4.69, 9.17) is 0 Å². The van der Waals surface area contributed by atoms with Crippen LogP contribution in [-0.4, -0.2) is 6.18 Å². The van der Waals surface area contributed by atoms with Gasteiger partial charge in [-0.2, -0.15) is 13.2 Å². The number of halogens is 4. The van der Waals surface area contributed by atoms with Crippen molar-refractivity contribution in [2.75, 3.05) is 0 Å². The molecule has 1 rings (SSSR count). The largest absolute Gasteiger partial charge is 0.390 e. The summed E-state index contributed by atoms with van der Waals surface area (Å²) in [6, 6.07) is 3.68. The van der Waals surface area contributed by atoms with Gasteiger partial charge < -0.3 is 0 Å². The van der Waals surface area contributed by atoms with Crippen LogP contribution >= 0.6 is 27.3 Å². The molecule has 16 heavy (non-hydrogen) atoms. The summed E-state index contributed by atoms with van der Waals surface area (Å²) in [5.74, 6) is 0. The van der Waals surface area contributed by atoms with Gasteiger partial charge in [-0.05, 0) is 17.5 Å². The van der Waals surface area contributed by atoms with Gasteiger partial charge in [0.05, 0.1) is 11.2 Å². The molecule has 0 saturated carbocycles. The molecule has 1 heterocycles. The molecule has 0 nitrogen and oxygen atoms in total. The maximum Gasteiger partial charge on any atom is 0.390 e.